The maximum absolute atomic E-state index is 13.0. The fourth-order valence-corrected chi connectivity index (χ4v) is 3.66. The van der Waals surface area contributed by atoms with Crippen molar-refractivity contribution >= 4 is 29.4 Å². The first-order valence-corrected chi connectivity index (χ1v) is 10.6. The second-order valence-corrected chi connectivity index (χ2v) is 7.79. The average Bonchev–Trinajstić information content (AvgIpc) is 3.16. The molecule has 0 N–H and O–H groups in total. The molecule has 0 saturated heterocycles. The lowest BCUT2D eigenvalue weighted by Gasteiger charge is -2.12. The summed E-state index contributed by atoms with van der Waals surface area (Å²) in [5.41, 5.74) is 1.82. The number of allylic oxidation sites excluding steroid dienone is 1. The lowest BCUT2D eigenvalue weighted by molar-refractivity contribution is 0.0733. The highest BCUT2D eigenvalue weighted by Gasteiger charge is 2.31. The normalized spacial score (nSPS) is 13.3. The predicted molar refractivity (Wildman–Crippen MR) is 127 cm³/mol. The van der Waals surface area contributed by atoms with Gasteiger partial charge in [0.2, 0.25) is 5.78 Å². The van der Waals surface area contributed by atoms with Crippen molar-refractivity contribution in [3.8, 4) is 28.7 Å². The van der Waals surface area contributed by atoms with Crippen LogP contribution in [0, 0.1) is 6.92 Å². The molecule has 0 bridgehead atoms. The molecule has 0 unspecified atom stereocenters. The van der Waals surface area contributed by atoms with Crippen molar-refractivity contribution in [3.63, 3.8) is 0 Å². The van der Waals surface area contributed by atoms with Crippen LogP contribution in [0.3, 0.4) is 0 Å². The fourth-order valence-electron chi connectivity index (χ4n) is 3.53. The molecule has 0 radical (unpaired) electrons. The van der Waals surface area contributed by atoms with E-state index in [9.17, 15) is 9.59 Å². The van der Waals surface area contributed by atoms with Gasteiger partial charge in [-0.15, -0.1) is 0 Å². The van der Waals surface area contributed by atoms with E-state index in [1.807, 2.05) is 0 Å². The average molecular weight is 481 g/mol. The van der Waals surface area contributed by atoms with Gasteiger partial charge in [-0.05, 0) is 55.5 Å². The lowest BCUT2D eigenvalue weighted by Crippen LogP contribution is -2.09. The molecule has 0 saturated carbocycles. The summed E-state index contributed by atoms with van der Waals surface area (Å²) < 4.78 is 27.5. The highest BCUT2D eigenvalue weighted by atomic mass is 35.5. The van der Waals surface area contributed by atoms with Gasteiger partial charge in [0.25, 0.3) is 0 Å². The number of hydrogen-bond acceptors (Lipinski definition) is 7. The zero-order valence-corrected chi connectivity index (χ0v) is 19.7. The molecule has 1 heterocycles. The molecule has 0 atom stereocenters. The Hall–Kier alpha value is -3.97. The molecule has 0 amide bonds. The minimum absolute atomic E-state index is 0.102. The summed E-state index contributed by atoms with van der Waals surface area (Å²) in [6.45, 7) is 1.72. The summed E-state index contributed by atoms with van der Waals surface area (Å²) in [4.78, 5) is 25.5. The van der Waals surface area contributed by atoms with Crippen LogP contribution < -0.4 is 23.7 Å². The standard InChI is InChI=1S/C26H21ClO7/c1-14-19(34-26(29)15-5-7-17(27)8-6-15)10-9-18-24(28)23(33-25(14)18)12-16-11-21(31-3)22(32-4)13-20(16)30-2/h5-13H,1-4H3/b23-12-. The number of carbonyl (C=O) groups is 2. The summed E-state index contributed by atoms with van der Waals surface area (Å²) in [5.74, 6) is 1.32. The van der Waals surface area contributed by atoms with Crippen LogP contribution in [0.2, 0.25) is 5.02 Å². The van der Waals surface area contributed by atoms with Crippen molar-refractivity contribution < 1.29 is 33.3 Å². The van der Waals surface area contributed by atoms with Gasteiger partial charge in [-0.25, -0.2) is 4.79 Å². The number of halogens is 1. The Kier molecular flexibility index (Phi) is 6.47. The Labute approximate surface area is 201 Å². The van der Waals surface area contributed by atoms with Crippen LogP contribution in [0.1, 0.15) is 31.8 Å². The molecule has 4 rings (SSSR count). The lowest BCUT2D eigenvalue weighted by atomic mass is 10.1. The molecular weight excluding hydrogens is 460 g/mol. The van der Waals surface area contributed by atoms with Gasteiger partial charge in [0.15, 0.2) is 17.3 Å². The Morgan fingerprint density at radius 2 is 1.53 bits per heavy atom. The van der Waals surface area contributed by atoms with Crippen LogP contribution in [0.15, 0.2) is 54.3 Å². The van der Waals surface area contributed by atoms with Gasteiger partial charge < -0.3 is 23.7 Å². The van der Waals surface area contributed by atoms with Crippen LogP contribution in [0.5, 0.6) is 28.7 Å². The van der Waals surface area contributed by atoms with E-state index in [0.717, 1.165) is 0 Å². The van der Waals surface area contributed by atoms with E-state index >= 15 is 0 Å². The molecule has 8 heteroatoms. The molecular formula is C26H21ClO7. The third-order valence-electron chi connectivity index (χ3n) is 5.34. The fraction of sp³-hybridized carbons (Fsp3) is 0.154. The molecule has 3 aromatic rings. The van der Waals surface area contributed by atoms with E-state index in [1.165, 1.54) is 21.3 Å². The summed E-state index contributed by atoms with van der Waals surface area (Å²) in [6, 6.07) is 12.9. The molecule has 34 heavy (non-hydrogen) atoms. The minimum atomic E-state index is -0.546. The number of benzene rings is 3. The first-order chi connectivity index (χ1) is 16.4. The van der Waals surface area contributed by atoms with Crippen molar-refractivity contribution in [2.24, 2.45) is 0 Å². The number of rotatable bonds is 6. The Morgan fingerprint density at radius 3 is 2.18 bits per heavy atom. The second kappa shape index (κ2) is 9.49. The highest BCUT2D eigenvalue weighted by molar-refractivity contribution is 6.30. The predicted octanol–water partition coefficient (Wildman–Crippen LogP) is 5.51. The SMILES string of the molecule is COc1cc(OC)c(OC)cc1/C=C1\Oc2c(ccc(OC(=O)c3ccc(Cl)cc3)c2C)C1=O. The van der Waals surface area contributed by atoms with Gasteiger partial charge in [0.05, 0.1) is 32.5 Å². The molecule has 0 aliphatic carbocycles. The first-order valence-electron chi connectivity index (χ1n) is 10.2. The van der Waals surface area contributed by atoms with Gasteiger partial charge in [-0.2, -0.15) is 0 Å². The Morgan fingerprint density at radius 1 is 0.882 bits per heavy atom. The van der Waals surface area contributed by atoms with E-state index in [-0.39, 0.29) is 17.3 Å². The maximum atomic E-state index is 13.0. The van der Waals surface area contributed by atoms with Gasteiger partial charge >= 0.3 is 5.97 Å². The maximum Gasteiger partial charge on any atom is 0.343 e. The van der Waals surface area contributed by atoms with Crippen molar-refractivity contribution in [2.45, 2.75) is 6.92 Å². The Balaban J connectivity index is 1.65. The molecule has 0 aromatic heterocycles. The summed E-state index contributed by atoms with van der Waals surface area (Å²) in [6.07, 6.45) is 1.57. The first kappa shape index (κ1) is 23.2. The molecule has 0 fully saturated rings. The molecule has 7 nitrogen and oxygen atoms in total. The number of esters is 1. The van der Waals surface area contributed by atoms with Crippen molar-refractivity contribution in [2.75, 3.05) is 21.3 Å². The molecule has 1 aliphatic rings. The summed E-state index contributed by atoms with van der Waals surface area (Å²) in [7, 11) is 4.56. The van der Waals surface area contributed by atoms with Gasteiger partial charge in [-0.1, -0.05) is 11.6 Å². The summed E-state index contributed by atoms with van der Waals surface area (Å²) >= 11 is 5.88. The monoisotopic (exact) mass is 480 g/mol. The number of fused-ring (bicyclic) bond motifs is 1. The van der Waals surface area contributed by atoms with Crippen LogP contribution in [0.25, 0.3) is 6.08 Å². The van der Waals surface area contributed by atoms with Crippen LogP contribution in [0.4, 0.5) is 0 Å². The second-order valence-electron chi connectivity index (χ2n) is 7.35. The zero-order valence-electron chi connectivity index (χ0n) is 18.9. The van der Waals surface area contributed by atoms with E-state index in [4.69, 9.17) is 35.3 Å². The molecule has 174 valence electrons. The molecule has 3 aromatic carbocycles. The highest BCUT2D eigenvalue weighted by Crippen LogP contribution is 2.41. The van der Waals surface area contributed by atoms with Gasteiger partial charge in [-0.3, -0.25) is 4.79 Å². The van der Waals surface area contributed by atoms with Crippen molar-refractivity contribution in [3.05, 3.63) is 81.6 Å². The molecule has 1 aliphatic heterocycles. The van der Waals surface area contributed by atoms with Crippen LogP contribution in [-0.4, -0.2) is 33.1 Å². The largest absolute Gasteiger partial charge is 0.496 e. The summed E-state index contributed by atoms with van der Waals surface area (Å²) in [5, 5.41) is 0.516. The number of ether oxygens (including phenoxy) is 5. The van der Waals surface area contributed by atoms with Crippen molar-refractivity contribution in [1.29, 1.82) is 0 Å². The zero-order chi connectivity index (χ0) is 24.4. The third-order valence-corrected chi connectivity index (χ3v) is 5.59. The quantitative estimate of drug-likeness (QED) is 0.261. The van der Waals surface area contributed by atoms with E-state index in [1.54, 1.807) is 61.5 Å². The van der Waals surface area contributed by atoms with E-state index < -0.39 is 5.97 Å². The number of ketones is 1. The number of carbonyl (C=O) groups excluding carboxylic acids is 2. The smallest absolute Gasteiger partial charge is 0.343 e. The minimum Gasteiger partial charge on any atom is -0.496 e. The van der Waals surface area contributed by atoms with Gasteiger partial charge in [0.1, 0.15) is 17.2 Å². The van der Waals surface area contributed by atoms with Gasteiger partial charge in [0, 0.05) is 22.2 Å². The number of Topliss-reactive ketones (excluding diaryl/α,β-unsaturated/α-hetero) is 1. The topological polar surface area (TPSA) is 80.3 Å². The van der Waals surface area contributed by atoms with Crippen LogP contribution >= 0.6 is 11.6 Å². The number of methoxy groups -OCH3 is 3. The van der Waals surface area contributed by atoms with Crippen LogP contribution in [-0.2, 0) is 0 Å². The third kappa shape index (κ3) is 4.30. The molecule has 0 spiro atoms. The van der Waals surface area contributed by atoms with E-state index in [2.05, 4.69) is 0 Å². The Bertz CT molecular complexity index is 1310. The van der Waals surface area contributed by atoms with E-state index in [0.29, 0.717) is 50.3 Å². The number of hydrogen-bond donors (Lipinski definition) is 0. The van der Waals surface area contributed by atoms with Crippen molar-refractivity contribution in [1.82, 2.24) is 0 Å².